The summed E-state index contributed by atoms with van der Waals surface area (Å²) < 4.78 is 80.2. The second kappa shape index (κ2) is 16.6. The van der Waals surface area contributed by atoms with Crippen molar-refractivity contribution in [3.8, 4) is 0 Å². The third-order valence-electron chi connectivity index (χ3n) is 9.74. The number of aromatic nitrogens is 8. The van der Waals surface area contributed by atoms with E-state index in [0.29, 0.717) is 0 Å². The van der Waals surface area contributed by atoms with Gasteiger partial charge in [0, 0.05) is 38.1 Å². The summed E-state index contributed by atoms with van der Waals surface area (Å²) in [5.74, 6) is -0.242. The van der Waals surface area contributed by atoms with Crippen LogP contribution in [0.1, 0.15) is 44.4 Å². The first-order valence-electron chi connectivity index (χ1n) is 17.5. The van der Waals surface area contributed by atoms with E-state index in [4.69, 9.17) is 49.5 Å². The van der Waals surface area contributed by atoms with Crippen molar-refractivity contribution in [3.63, 3.8) is 0 Å². The molecular weight excluding hydrogens is 871 g/mol. The summed E-state index contributed by atoms with van der Waals surface area (Å²) in [7, 11) is -16.0. The molecular formula is C28H38N11O18P3. The highest BCUT2D eigenvalue weighted by atomic mass is 31.2. The van der Waals surface area contributed by atoms with Gasteiger partial charge in [-0.15, -0.1) is 0 Å². The molecule has 0 aromatic carbocycles. The number of phosphoric ester groups is 3. The molecule has 29 nitrogen and oxygen atoms in total. The van der Waals surface area contributed by atoms with Gasteiger partial charge in [0.15, 0.2) is 11.5 Å². The molecule has 7 rings (SSSR count). The van der Waals surface area contributed by atoms with Crippen LogP contribution in [0.5, 0.6) is 0 Å². The smallest absolute Gasteiger partial charge is 0.390 e. The quantitative estimate of drug-likeness (QED) is 0.0592. The van der Waals surface area contributed by atoms with Gasteiger partial charge >= 0.3 is 34.8 Å². The summed E-state index contributed by atoms with van der Waals surface area (Å²) in [5.41, 5.74) is 13.3. The van der Waals surface area contributed by atoms with Crippen molar-refractivity contribution < 1.29 is 75.6 Å². The lowest BCUT2D eigenvalue weighted by molar-refractivity contribution is -0.155. The van der Waals surface area contributed by atoms with Crippen LogP contribution in [0.15, 0.2) is 46.8 Å². The van der Waals surface area contributed by atoms with Gasteiger partial charge < -0.3 is 61.0 Å². The zero-order valence-corrected chi connectivity index (χ0v) is 33.2. The van der Waals surface area contributed by atoms with E-state index in [2.05, 4.69) is 24.9 Å². The Morgan fingerprint density at radius 2 is 1.42 bits per heavy atom. The molecule has 0 amide bonds. The van der Waals surface area contributed by atoms with Crippen molar-refractivity contribution in [1.29, 1.82) is 0 Å². The molecule has 4 aromatic rings. The second-order valence-corrected chi connectivity index (χ2v) is 17.6. The summed E-state index contributed by atoms with van der Waals surface area (Å²) in [6.07, 6.45) is -8.08. The first kappa shape index (κ1) is 44.0. The summed E-state index contributed by atoms with van der Waals surface area (Å²) in [5, 5.41) is 10.7. The van der Waals surface area contributed by atoms with Crippen molar-refractivity contribution in [2.24, 2.45) is 0 Å². The number of phosphoric acid groups is 3. The summed E-state index contributed by atoms with van der Waals surface area (Å²) in [6.45, 7) is -1.91. The maximum atomic E-state index is 13.6. The minimum absolute atomic E-state index is 0.00536. The third-order valence-corrected chi connectivity index (χ3v) is 11.7. The standard InChI is InChI=1S/C28H38N11O18P3/c29-18-1-3-37(26(41)35-18)20-5-13(40)16(54-20)9-51-60(49,50)56-14-6-21(39-12-34-23-24(31)32-11-33-25(23)39)53-15(14)8-28(10-52-58(43,44)45)17(57-59(46,47)48)7-22(55-28)38-4-2-19(30)36-27(38)42/h1-4,11-17,20-22,40H,5-10H2,(H,49,50)(H2,29,35,41)(H2,30,36,42)(H2,31,32,33)(H2,43,44,45)(H2,46,47,48). The summed E-state index contributed by atoms with van der Waals surface area (Å²) in [6, 6.07) is 2.53. The number of fused-ring (bicyclic) bond motifs is 1. The van der Waals surface area contributed by atoms with Gasteiger partial charge in [0.05, 0.1) is 31.7 Å². The average molecular weight is 910 g/mol. The van der Waals surface area contributed by atoms with Crippen molar-refractivity contribution in [2.75, 3.05) is 30.4 Å². The van der Waals surface area contributed by atoms with Gasteiger partial charge in [0.25, 0.3) is 0 Å². The van der Waals surface area contributed by atoms with Crippen LogP contribution in [-0.2, 0) is 46.0 Å². The molecule has 328 valence electrons. The number of anilines is 3. The zero-order valence-electron chi connectivity index (χ0n) is 30.6. The number of aliphatic hydroxyl groups excluding tert-OH is 1. The molecule has 3 fully saturated rings. The van der Waals surface area contributed by atoms with Gasteiger partial charge in [0.2, 0.25) is 0 Å². The fourth-order valence-corrected chi connectivity index (χ4v) is 9.06. The van der Waals surface area contributed by atoms with Crippen LogP contribution in [0.4, 0.5) is 17.5 Å². The Morgan fingerprint density at radius 1 is 0.783 bits per heavy atom. The summed E-state index contributed by atoms with van der Waals surface area (Å²) in [4.78, 5) is 95.1. The van der Waals surface area contributed by atoms with Crippen LogP contribution in [0.3, 0.4) is 0 Å². The van der Waals surface area contributed by atoms with Crippen LogP contribution >= 0.6 is 23.5 Å². The van der Waals surface area contributed by atoms with Crippen LogP contribution in [0.25, 0.3) is 11.2 Å². The van der Waals surface area contributed by atoms with Gasteiger partial charge in [-0.2, -0.15) is 9.97 Å². The highest BCUT2D eigenvalue weighted by molar-refractivity contribution is 7.47. The predicted molar refractivity (Wildman–Crippen MR) is 196 cm³/mol. The van der Waals surface area contributed by atoms with E-state index >= 15 is 0 Å². The molecule has 0 aliphatic carbocycles. The zero-order chi connectivity index (χ0) is 43.4. The van der Waals surface area contributed by atoms with Gasteiger partial charge in [-0.25, -0.2) is 38.2 Å². The number of nitrogen functional groups attached to an aromatic ring is 3. The predicted octanol–water partition coefficient (Wildman–Crippen LogP) is -1.84. The van der Waals surface area contributed by atoms with Crippen LogP contribution < -0.4 is 28.6 Å². The monoisotopic (exact) mass is 909 g/mol. The molecule has 0 spiro atoms. The molecule has 0 bridgehead atoms. The van der Waals surface area contributed by atoms with Gasteiger partial charge in [-0.3, -0.25) is 31.8 Å². The van der Waals surface area contributed by atoms with Crippen molar-refractivity contribution >= 4 is 52.1 Å². The van der Waals surface area contributed by atoms with Gasteiger partial charge in [0.1, 0.15) is 66.1 Å². The third kappa shape index (κ3) is 9.82. The molecule has 10 atom stereocenters. The number of hydrogen-bond acceptors (Lipinski definition) is 21. The van der Waals surface area contributed by atoms with Crippen LogP contribution in [0, 0.1) is 0 Å². The number of aliphatic hydroxyl groups is 1. The first-order valence-corrected chi connectivity index (χ1v) is 22.0. The molecule has 3 aliphatic rings. The number of nitrogens with zero attached hydrogens (tertiary/aromatic N) is 8. The lowest BCUT2D eigenvalue weighted by Gasteiger charge is -2.37. The normalized spacial score (nSPS) is 29.6. The average Bonchev–Trinajstić information content (AvgIpc) is 3.91. The maximum absolute atomic E-state index is 13.6. The molecule has 12 N–H and O–H groups in total. The number of imidazole rings is 1. The van der Waals surface area contributed by atoms with Crippen molar-refractivity contribution in [1.82, 2.24) is 38.6 Å². The number of ether oxygens (including phenoxy) is 3. The van der Waals surface area contributed by atoms with E-state index in [1.54, 1.807) is 0 Å². The molecule has 10 unspecified atom stereocenters. The van der Waals surface area contributed by atoms with Gasteiger partial charge in [-0.05, 0) is 12.1 Å². The Labute approximate surface area is 335 Å². The van der Waals surface area contributed by atoms with E-state index in [-0.39, 0.29) is 41.5 Å². The molecule has 0 radical (unpaired) electrons. The highest BCUT2D eigenvalue weighted by Crippen LogP contribution is 2.54. The van der Waals surface area contributed by atoms with E-state index in [1.807, 2.05) is 0 Å². The van der Waals surface area contributed by atoms with E-state index in [9.17, 15) is 52.9 Å². The Bertz CT molecular complexity index is 2500. The Kier molecular flexibility index (Phi) is 12.2. The largest absolute Gasteiger partial charge is 0.472 e. The Morgan fingerprint density at radius 3 is 2.05 bits per heavy atom. The van der Waals surface area contributed by atoms with E-state index < -0.39 is 116 Å². The molecule has 7 heterocycles. The lowest BCUT2D eigenvalue weighted by Crippen LogP contribution is -2.49. The minimum Gasteiger partial charge on any atom is -0.390 e. The Balaban J connectivity index is 1.19. The van der Waals surface area contributed by atoms with Crippen molar-refractivity contribution in [3.05, 3.63) is 58.1 Å². The number of nitrogens with two attached hydrogens (primary N) is 3. The Hall–Kier alpha value is -4.12. The van der Waals surface area contributed by atoms with E-state index in [0.717, 1.165) is 21.7 Å². The molecule has 0 saturated carbocycles. The molecule has 32 heteroatoms. The fraction of sp³-hybridized carbons (Fsp3) is 0.536. The molecule has 4 aromatic heterocycles. The maximum Gasteiger partial charge on any atom is 0.472 e. The number of rotatable bonds is 15. The van der Waals surface area contributed by atoms with Crippen LogP contribution in [-0.4, -0.2) is 118 Å². The fourth-order valence-electron chi connectivity index (χ4n) is 7.11. The number of hydrogen-bond donors (Lipinski definition) is 9. The highest BCUT2D eigenvalue weighted by Gasteiger charge is 2.57. The summed E-state index contributed by atoms with van der Waals surface area (Å²) >= 11 is 0. The molecule has 3 saturated heterocycles. The SMILES string of the molecule is Nc1ccn(C2CC(O)C(COP(=O)(O)OC3CC(n4cnc5c(N)ncnc54)OC3CC3(COP(=O)(O)O)OC(n4ccc(N)nc4=O)CC3OP(=O)(O)O)O2)c(=O)n1. The van der Waals surface area contributed by atoms with E-state index in [1.165, 1.54) is 29.2 Å². The van der Waals surface area contributed by atoms with Crippen LogP contribution in [0.2, 0.25) is 0 Å². The molecule has 60 heavy (non-hydrogen) atoms. The first-order chi connectivity index (χ1) is 28.1. The molecule has 3 aliphatic heterocycles. The van der Waals surface area contributed by atoms with Gasteiger partial charge in [-0.1, -0.05) is 0 Å². The topological polar surface area (TPSA) is 429 Å². The second-order valence-electron chi connectivity index (χ2n) is 13.8. The van der Waals surface area contributed by atoms with Crippen molar-refractivity contribution in [2.45, 2.75) is 80.5 Å². The lowest BCUT2D eigenvalue weighted by atomic mass is 9.89. The minimum atomic E-state index is -5.46.